The molecule has 0 spiro atoms. The van der Waals surface area contributed by atoms with Crippen molar-refractivity contribution in [3.05, 3.63) is 60.0 Å². The van der Waals surface area contributed by atoms with E-state index in [4.69, 9.17) is 4.74 Å². The number of pyridine rings is 2. The van der Waals surface area contributed by atoms with E-state index < -0.39 is 0 Å². The summed E-state index contributed by atoms with van der Waals surface area (Å²) in [6.45, 7) is 3.88. The predicted molar refractivity (Wildman–Crippen MR) is 93.1 cm³/mol. The van der Waals surface area contributed by atoms with Crippen LogP contribution >= 0.6 is 0 Å². The van der Waals surface area contributed by atoms with Crippen LogP contribution in [0.2, 0.25) is 0 Å². The Morgan fingerprint density at radius 3 is 2.78 bits per heavy atom. The minimum Gasteiger partial charge on any atom is -0.497 e. The maximum atomic E-state index is 5.26. The summed E-state index contributed by atoms with van der Waals surface area (Å²) in [5.41, 5.74) is 7.49. The summed E-state index contributed by atoms with van der Waals surface area (Å²) < 4.78 is 5.26. The second kappa shape index (κ2) is 6.44. The summed E-state index contributed by atoms with van der Waals surface area (Å²) in [5, 5.41) is 5.44. The number of hydrazone groups is 1. The number of benzene rings is 1. The van der Waals surface area contributed by atoms with Crippen molar-refractivity contribution in [2.24, 2.45) is 5.10 Å². The summed E-state index contributed by atoms with van der Waals surface area (Å²) in [5.74, 6) is 0.787. The third kappa shape index (κ3) is 3.29. The first-order valence-electron chi connectivity index (χ1n) is 7.34. The molecule has 5 heteroatoms. The molecule has 3 aromatic rings. The van der Waals surface area contributed by atoms with Crippen LogP contribution in [0.4, 0.5) is 5.69 Å². The van der Waals surface area contributed by atoms with E-state index in [1.54, 1.807) is 13.3 Å². The summed E-state index contributed by atoms with van der Waals surface area (Å²) in [4.78, 5) is 8.84. The van der Waals surface area contributed by atoms with Crippen molar-refractivity contribution < 1.29 is 4.74 Å². The Morgan fingerprint density at radius 2 is 2.04 bits per heavy atom. The lowest BCUT2D eigenvalue weighted by Gasteiger charge is -2.09. The molecule has 0 unspecified atom stereocenters. The van der Waals surface area contributed by atoms with Crippen LogP contribution in [0.15, 0.2) is 53.8 Å². The van der Waals surface area contributed by atoms with Gasteiger partial charge in [0, 0.05) is 23.3 Å². The Morgan fingerprint density at radius 1 is 1.17 bits per heavy atom. The number of fused-ring (bicyclic) bond motifs is 1. The molecular weight excluding hydrogens is 288 g/mol. The first-order valence-corrected chi connectivity index (χ1v) is 7.34. The van der Waals surface area contributed by atoms with Gasteiger partial charge in [0.15, 0.2) is 0 Å². The van der Waals surface area contributed by atoms with Gasteiger partial charge < -0.3 is 4.74 Å². The fourth-order valence-corrected chi connectivity index (χ4v) is 2.34. The zero-order valence-electron chi connectivity index (χ0n) is 13.4. The fraction of sp³-hybridized carbons (Fsp3) is 0.167. The van der Waals surface area contributed by atoms with Gasteiger partial charge in [-0.1, -0.05) is 6.07 Å². The van der Waals surface area contributed by atoms with Crippen molar-refractivity contribution >= 4 is 22.3 Å². The molecular formula is C18H18N4O. The summed E-state index contributed by atoms with van der Waals surface area (Å²) >= 11 is 0. The number of nitrogens with one attached hydrogen (secondary N) is 1. The molecule has 0 aliphatic heterocycles. The van der Waals surface area contributed by atoms with Gasteiger partial charge >= 0.3 is 0 Å². The number of rotatable bonds is 4. The average molecular weight is 306 g/mol. The van der Waals surface area contributed by atoms with E-state index in [-0.39, 0.29) is 0 Å². The van der Waals surface area contributed by atoms with Gasteiger partial charge in [0.05, 0.1) is 29.7 Å². The van der Waals surface area contributed by atoms with Crippen LogP contribution in [0.5, 0.6) is 5.75 Å². The Bertz CT molecular complexity index is 860. The standard InChI is InChI=1S/C18H18N4O/c1-12-10-18(15-8-7-14(23-3)11-17(15)20-12)22-21-13(2)16-6-4-5-9-19-16/h4-11H,1-3H3,(H,20,22). The molecule has 5 nitrogen and oxygen atoms in total. The molecule has 116 valence electrons. The number of methoxy groups -OCH3 is 1. The van der Waals surface area contributed by atoms with Crippen molar-refractivity contribution in [2.75, 3.05) is 12.5 Å². The molecule has 0 atom stereocenters. The van der Waals surface area contributed by atoms with Crippen LogP contribution in [-0.4, -0.2) is 22.8 Å². The van der Waals surface area contributed by atoms with Crippen molar-refractivity contribution in [3.63, 3.8) is 0 Å². The Hall–Kier alpha value is -2.95. The second-order valence-electron chi connectivity index (χ2n) is 5.22. The lowest BCUT2D eigenvalue weighted by atomic mass is 10.1. The van der Waals surface area contributed by atoms with E-state index in [1.807, 2.05) is 56.3 Å². The van der Waals surface area contributed by atoms with Crippen LogP contribution in [0, 0.1) is 6.92 Å². The third-order valence-corrected chi connectivity index (χ3v) is 3.52. The van der Waals surface area contributed by atoms with E-state index in [2.05, 4.69) is 20.5 Å². The van der Waals surface area contributed by atoms with E-state index in [1.165, 1.54) is 0 Å². The van der Waals surface area contributed by atoms with Crippen molar-refractivity contribution in [3.8, 4) is 5.75 Å². The number of aryl methyl sites for hydroxylation is 1. The van der Waals surface area contributed by atoms with Crippen LogP contribution in [0.25, 0.3) is 10.9 Å². The van der Waals surface area contributed by atoms with Crippen molar-refractivity contribution in [1.29, 1.82) is 0 Å². The average Bonchev–Trinajstić information content (AvgIpc) is 2.59. The minimum atomic E-state index is 0.787. The quantitative estimate of drug-likeness (QED) is 0.588. The lowest BCUT2D eigenvalue weighted by Crippen LogP contribution is -2.02. The highest BCUT2D eigenvalue weighted by atomic mass is 16.5. The molecule has 23 heavy (non-hydrogen) atoms. The zero-order valence-corrected chi connectivity index (χ0v) is 13.4. The van der Waals surface area contributed by atoms with E-state index >= 15 is 0 Å². The predicted octanol–water partition coefficient (Wildman–Crippen LogP) is 3.78. The van der Waals surface area contributed by atoms with Crippen molar-refractivity contribution in [1.82, 2.24) is 9.97 Å². The Balaban J connectivity index is 1.96. The summed E-state index contributed by atoms with van der Waals surface area (Å²) in [6, 6.07) is 13.6. The normalized spacial score (nSPS) is 11.5. The van der Waals surface area contributed by atoms with Gasteiger partial charge in [-0.05, 0) is 44.2 Å². The Labute approximate surface area is 135 Å². The van der Waals surface area contributed by atoms with Gasteiger partial charge in [0.2, 0.25) is 0 Å². The largest absolute Gasteiger partial charge is 0.497 e. The molecule has 3 rings (SSSR count). The van der Waals surface area contributed by atoms with Crippen molar-refractivity contribution in [2.45, 2.75) is 13.8 Å². The SMILES string of the molecule is COc1ccc2c(NN=C(C)c3ccccn3)cc(C)nc2c1. The topological polar surface area (TPSA) is 59.4 Å². The van der Waals surface area contributed by atoms with Crippen LogP contribution in [0.1, 0.15) is 18.3 Å². The number of nitrogens with zero attached hydrogens (tertiary/aromatic N) is 3. The smallest absolute Gasteiger partial charge is 0.121 e. The molecule has 2 heterocycles. The van der Waals surface area contributed by atoms with Crippen LogP contribution in [0.3, 0.4) is 0 Å². The Kier molecular flexibility index (Phi) is 4.19. The van der Waals surface area contributed by atoms with E-state index in [0.29, 0.717) is 0 Å². The van der Waals surface area contributed by atoms with Gasteiger partial charge in [-0.3, -0.25) is 15.4 Å². The first kappa shape index (κ1) is 15.0. The van der Waals surface area contributed by atoms with Crippen LogP contribution < -0.4 is 10.2 Å². The van der Waals surface area contributed by atoms with E-state index in [0.717, 1.165) is 39.4 Å². The first-order chi connectivity index (χ1) is 11.2. The molecule has 1 N–H and O–H groups in total. The molecule has 0 saturated carbocycles. The highest BCUT2D eigenvalue weighted by Gasteiger charge is 2.06. The van der Waals surface area contributed by atoms with Crippen LogP contribution in [-0.2, 0) is 0 Å². The number of ether oxygens (including phenoxy) is 1. The molecule has 0 aliphatic carbocycles. The second-order valence-corrected chi connectivity index (χ2v) is 5.22. The lowest BCUT2D eigenvalue weighted by molar-refractivity contribution is 0.415. The highest BCUT2D eigenvalue weighted by molar-refractivity contribution is 5.98. The number of hydrogen-bond acceptors (Lipinski definition) is 5. The fourth-order valence-electron chi connectivity index (χ4n) is 2.34. The van der Waals surface area contributed by atoms with Gasteiger partial charge in [0.1, 0.15) is 5.75 Å². The molecule has 1 aromatic carbocycles. The third-order valence-electron chi connectivity index (χ3n) is 3.52. The van der Waals surface area contributed by atoms with Gasteiger partial charge in [-0.15, -0.1) is 0 Å². The molecule has 2 aromatic heterocycles. The number of anilines is 1. The molecule has 0 bridgehead atoms. The van der Waals surface area contributed by atoms with Gasteiger partial charge in [0.25, 0.3) is 0 Å². The highest BCUT2D eigenvalue weighted by Crippen LogP contribution is 2.26. The van der Waals surface area contributed by atoms with Gasteiger partial charge in [-0.25, -0.2) is 0 Å². The minimum absolute atomic E-state index is 0.787. The molecule has 0 saturated heterocycles. The molecule has 0 radical (unpaired) electrons. The molecule has 0 aliphatic rings. The molecule has 0 amide bonds. The van der Waals surface area contributed by atoms with Gasteiger partial charge in [-0.2, -0.15) is 5.10 Å². The maximum absolute atomic E-state index is 5.26. The summed E-state index contributed by atoms with van der Waals surface area (Å²) in [6.07, 6.45) is 1.76. The summed E-state index contributed by atoms with van der Waals surface area (Å²) in [7, 11) is 1.65. The number of aromatic nitrogens is 2. The molecule has 0 fully saturated rings. The maximum Gasteiger partial charge on any atom is 0.121 e. The number of hydrogen-bond donors (Lipinski definition) is 1. The monoisotopic (exact) mass is 306 g/mol. The van der Waals surface area contributed by atoms with E-state index in [9.17, 15) is 0 Å². The zero-order chi connectivity index (χ0) is 16.2.